The van der Waals surface area contributed by atoms with E-state index in [1.807, 2.05) is 0 Å². The number of nitrogens with zero attached hydrogens (tertiary/aromatic N) is 1. The maximum absolute atomic E-state index is 13.5. The number of nitrogens with one attached hydrogen (secondary N) is 2. The highest BCUT2D eigenvalue weighted by Crippen LogP contribution is 2.23. The van der Waals surface area contributed by atoms with Crippen LogP contribution in [0, 0.1) is 0 Å². The third-order valence-electron chi connectivity index (χ3n) is 3.51. The highest BCUT2D eigenvalue weighted by Gasteiger charge is 2.20. The number of anilines is 1. The summed E-state index contributed by atoms with van der Waals surface area (Å²) >= 11 is 0. The van der Waals surface area contributed by atoms with Crippen LogP contribution in [-0.2, 0) is 21.5 Å². The quantitative estimate of drug-likeness (QED) is 0.786. The summed E-state index contributed by atoms with van der Waals surface area (Å²) in [6, 6.07) is 4.00. The van der Waals surface area contributed by atoms with Crippen molar-refractivity contribution in [2.45, 2.75) is 37.8 Å². The zero-order valence-electron chi connectivity index (χ0n) is 14.6. The Morgan fingerprint density at radius 3 is 2.48 bits per heavy atom. The monoisotopic (exact) mass is 373 g/mol. The summed E-state index contributed by atoms with van der Waals surface area (Å²) in [7, 11) is -4.88. The molecule has 1 aliphatic heterocycles. The number of hydrogen-bond acceptors (Lipinski definition) is 6. The normalized spacial score (nSPS) is 16.5. The summed E-state index contributed by atoms with van der Waals surface area (Å²) in [6.45, 7) is 8.89. The molecule has 0 aromatic heterocycles. The van der Waals surface area contributed by atoms with Gasteiger partial charge in [-0.15, -0.1) is 3.89 Å². The van der Waals surface area contributed by atoms with Crippen molar-refractivity contribution in [1.29, 1.82) is 0 Å². The molecule has 1 aromatic rings. The number of ether oxygens (including phenoxy) is 1. The summed E-state index contributed by atoms with van der Waals surface area (Å²) in [5, 5.41) is 5.69. The van der Waals surface area contributed by atoms with E-state index < -0.39 is 26.8 Å². The summed E-state index contributed by atoms with van der Waals surface area (Å²) in [6.07, 6.45) is -0.728. The second-order valence-electron chi connectivity index (χ2n) is 6.96. The van der Waals surface area contributed by atoms with Crippen LogP contribution in [0.15, 0.2) is 23.1 Å². The smallest absolute Gasteiger partial charge is 0.412 e. The molecule has 0 atom stereocenters. The van der Waals surface area contributed by atoms with Crippen molar-refractivity contribution in [2.75, 3.05) is 31.5 Å². The second kappa shape index (κ2) is 7.67. The Balaban J connectivity index is 2.22. The van der Waals surface area contributed by atoms with E-state index in [1.54, 1.807) is 26.8 Å². The molecule has 0 unspecified atom stereocenters. The Hall–Kier alpha value is -1.71. The Morgan fingerprint density at radius 1 is 1.28 bits per heavy atom. The number of hydrogen-bond donors (Lipinski definition) is 2. The van der Waals surface area contributed by atoms with Crippen LogP contribution >= 0.6 is 0 Å². The van der Waals surface area contributed by atoms with E-state index in [0.717, 1.165) is 32.2 Å². The third kappa shape index (κ3) is 6.60. The Kier molecular flexibility index (Phi) is 6.02. The first kappa shape index (κ1) is 19.6. The number of carbonyl (C=O) groups is 1. The van der Waals surface area contributed by atoms with Gasteiger partial charge in [0.15, 0.2) is 0 Å². The maximum atomic E-state index is 13.5. The summed E-state index contributed by atoms with van der Waals surface area (Å²) in [5.41, 5.74) is 0.0853. The number of benzene rings is 1. The second-order valence-corrected chi connectivity index (χ2v) is 8.30. The van der Waals surface area contributed by atoms with Crippen LogP contribution in [0.3, 0.4) is 0 Å². The van der Waals surface area contributed by atoms with Crippen LogP contribution in [0.5, 0.6) is 0 Å². The molecule has 140 valence electrons. The predicted octanol–water partition coefficient (Wildman–Crippen LogP) is 2.10. The van der Waals surface area contributed by atoms with Gasteiger partial charge in [-0.3, -0.25) is 10.2 Å². The Labute approximate surface area is 147 Å². The van der Waals surface area contributed by atoms with Gasteiger partial charge >= 0.3 is 16.3 Å². The molecule has 0 spiro atoms. The zero-order chi connectivity index (χ0) is 18.7. The lowest BCUT2D eigenvalue weighted by Gasteiger charge is -2.27. The van der Waals surface area contributed by atoms with Gasteiger partial charge in [-0.25, -0.2) is 4.79 Å². The highest BCUT2D eigenvalue weighted by molar-refractivity contribution is 7.86. The summed E-state index contributed by atoms with van der Waals surface area (Å²) < 4.78 is 41.2. The van der Waals surface area contributed by atoms with Gasteiger partial charge in [0.1, 0.15) is 10.5 Å². The lowest BCUT2D eigenvalue weighted by Crippen LogP contribution is -2.42. The maximum Gasteiger partial charge on any atom is 0.412 e. The van der Waals surface area contributed by atoms with E-state index in [9.17, 15) is 17.1 Å². The average molecular weight is 373 g/mol. The number of piperazine rings is 1. The molecule has 1 fully saturated rings. The van der Waals surface area contributed by atoms with E-state index in [0.29, 0.717) is 12.1 Å². The van der Waals surface area contributed by atoms with Gasteiger partial charge < -0.3 is 10.1 Å². The average Bonchev–Trinajstić information content (AvgIpc) is 2.45. The molecule has 1 aromatic carbocycles. The fourth-order valence-corrected chi connectivity index (χ4v) is 3.07. The van der Waals surface area contributed by atoms with Crippen molar-refractivity contribution in [2.24, 2.45) is 0 Å². The molecule has 7 nitrogen and oxygen atoms in total. The topological polar surface area (TPSA) is 87.7 Å². The standard InChI is InChI=1S/C16H24FN3O4S/c1-16(2,3)24-15(21)19-13-8-12(9-14(10-13)25(17,22)23)11-20-6-4-18-5-7-20/h8-10,18H,4-7,11H2,1-3H3,(H,19,21). The van der Waals surface area contributed by atoms with Crippen LogP contribution in [0.1, 0.15) is 26.3 Å². The molecule has 0 bridgehead atoms. The van der Waals surface area contributed by atoms with Gasteiger partial charge in [-0.2, -0.15) is 8.42 Å². The molecule has 1 saturated heterocycles. The van der Waals surface area contributed by atoms with Gasteiger partial charge in [0.25, 0.3) is 0 Å². The van der Waals surface area contributed by atoms with Crippen LogP contribution < -0.4 is 10.6 Å². The largest absolute Gasteiger partial charge is 0.444 e. The molecule has 1 heterocycles. The minimum atomic E-state index is -4.88. The lowest BCUT2D eigenvalue weighted by molar-refractivity contribution is 0.0636. The van der Waals surface area contributed by atoms with Crippen LogP contribution in [0.4, 0.5) is 14.4 Å². The summed E-state index contributed by atoms with van der Waals surface area (Å²) in [5.74, 6) is 0. The first-order valence-electron chi connectivity index (χ1n) is 8.05. The fraction of sp³-hybridized carbons (Fsp3) is 0.562. The Morgan fingerprint density at radius 2 is 1.92 bits per heavy atom. The van der Waals surface area contributed by atoms with Crippen LogP contribution in [0.25, 0.3) is 0 Å². The molecule has 0 aliphatic carbocycles. The van der Waals surface area contributed by atoms with Gasteiger partial charge in [-0.1, -0.05) is 0 Å². The Bertz CT molecular complexity index is 725. The SMILES string of the molecule is CC(C)(C)OC(=O)Nc1cc(CN2CCNCC2)cc(S(=O)(=O)F)c1. The van der Waals surface area contributed by atoms with Gasteiger partial charge in [0.2, 0.25) is 0 Å². The fourth-order valence-electron chi connectivity index (χ4n) is 2.51. The van der Waals surface area contributed by atoms with E-state index >= 15 is 0 Å². The first-order valence-corrected chi connectivity index (χ1v) is 9.43. The molecule has 1 aliphatic rings. The van der Waals surface area contributed by atoms with E-state index in [4.69, 9.17) is 4.74 Å². The van der Waals surface area contributed by atoms with Gasteiger partial charge in [0.05, 0.1) is 0 Å². The van der Waals surface area contributed by atoms with Crippen LogP contribution in [0.2, 0.25) is 0 Å². The third-order valence-corrected chi connectivity index (χ3v) is 4.31. The molecule has 2 N–H and O–H groups in total. The first-order chi connectivity index (χ1) is 11.5. The molecule has 9 heteroatoms. The van der Waals surface area contributed by atoms with Crippen molar-refractivity contribution in [3.63, 3.8) is 0 Å². The van der Waals surface area contributed by atoms with Crippen molar-refractivity contribution in [3.05, 3.63) is 23.8 Å². The molecule has 0 saturated carbocycles. The highest BCUT2D eigenvalue weighted by atomic mass is 32.3. The van der Waals surface area contributed by atoms with Gasteiger partial charge in [0, 0.05) is 38.4 Å². The minimum Gasteiger partial charge on any atom is -0.444 e. The number of amides is 1. The van der Waals surface area contributed by atoms with E-state index in [-0.39, 0.29) is 5.69 Å². The molecule has 2 rings (SSSR count). The van der Waals surface area contributed by atoms with Crippen LogP contribution in [-0.4, -0.2) is 51.2 Å². The van der Waals surface area contributed by atoms with Crippen molar-refractivity contribution >= 4 is 22.0 Å². The number of carbonyl (C=O) groups excluding carboxylic acids is 1. The van der Waals surface area contributed by atoms with E-state index in [2.05, 4.69) is 15.5 Å². The van der Waals surface area contributed by atoms with Crippen molar-refractivity contribution in [1.82, 2.24) is 10.2 Å². The lowest BCUT2D eigenvalue weighted by atomic mass is 10.1. The number of halogens is 1. The molecule has 0 radical (unpaired) electrons. The minimum absolute atomic E-state index is 0.179. The molecular formula is C16H24FN3O4S. The summed E-state index contributed by atoms with van der Waals surface area (Å²) in [4.78, 5) is 13.5. The molecule has 1 amide bonds. The van der Waals surface area contributed by atoms with Crippen molar-refractivity contribution in [3.8, 4) is 0 Å². The van der Waals surface area contributed by atoms with Crippen molar-refractivity contribution < 1.29 is 21.8 Å². The zero-order valence-corrected chi connectivity index (χ0v) is 15.5. The predicted molar refractivity (Wildman–Crippen MR) is 92.7 cm³/mol. The number of rotatable bonds is 4. The molecule has 25 heavy (non-hydrogen) atoms. The van der Waals surface area contributed by atoms with E-state index in [1.165, 1.54) is 6.07 Å². The molecular weight excluding hydrogens is 349 g/mol. The van der Waals surface area contributed by atoms with Gasteiger partial charge in [-0.05, 0) is 44.5 Å².